The van der Waals surface area contributed by atoms with Gasteiger partial charge in [-0.3, -0.25) is 0 Å². The zero-order valence-electron chi connectivity index (χ0n) is 11.5. The molecule has 2 rings (SSSR count). The maximum atomic E-state index is 6.36. The van der Waals surface area contributed by atoms with E-state index in [-0.39, 0.29) is 4.83 Å². The lowest BCUT2D eigenvalue weighted by atomic mass is 10.0. The highest BCUT2D eigenvalue weighted by molar-refractivity contribution is 9.10. The van der Waals surface area contributed by atoms with Gasteiger partial charge in [0.1, 0.15) is 5.75 Å². The molecule has 0 spiro atoms. The second-order valence-electron chi connectivity index (χ2n) is 4.73. The van der Waals surface area contributed by atoms with Gasteiger partial charge in [-0.2, -0.15) is 0 Å². The second kappa shape index (κ2) is 6.50. The molecule has 20 heavy (non-hydrogen) atoms. The van der Waals surface area contributed by atoms with Crippen molar-refractivity contribution in [1.29, 1.82) is 0 Å². The van der Waals surface area contributed by atoms with Crippen LogP contribution in [0.2, 0.25) is 5.02 Å². The molecule has 4 heteroatoms. The minimum atomic E-state index is -0.0116. The van der Waals surface area contributed by atoms with Gasteiger partial charge in [-0.25, -0.2) is 0 Å². The Labute approximate surface area is 141 Å². The Kier molecular flexibility index (Phi) is 5.16. The molecular weight excluding hydrogens is 403 g/mol. The third kappa shape index (κ3) is 3.21. The SMILES string of the molecule is COc1cc(C)c(Br)cc1C(Br)c1ccc(C)cc1Cl. The van der Waals surface area contributed by atoms with E-state index in [1.165, 1.54) is 0 Å². The Morgan fingerprint density at radius 1 is 1.10 bits per heavy atom. The summed E-state index contributed by atoms with van der Waals surface area (Å²) in [4.78, 5) is -0.0116. The summed E-state index contributed by atoms with van der Waals surface area (Å²) in [5, 5.41) is 0.755. The number of rotatable bonds is 3. The number of aryl methyl sites for hydroxylation is 2. The van der Waals surface area contributed by atoms with Crippen molar-refractivity contribution in [2.75, 3.05) is 7.11 Å². The molecule has 0 amide bonds. The molecule has 0 N–H and O–H groups in total. The molecule has 0 radical (unpaired) electrons. The number of alkyl halides is 1. The van der Waals surface area contributed by atoms with Crippen LogP contribution in [0.1, 0.15) is 27.1 Å². The molecule has 1 atom stereocenters. The summed E-state index contributed by atoms with van der Waals surface area (Å²) in [5.41, 5.74) is 4.37. The quantitative estimate of drug-likeness (QED) is 0.538. The van der Waals surface area contributed by atoms with Crippen molar-refractivity contribution in [3.63, 3.8) is 0 Å². The van der Waals surface area contributed by atoms with Gasteiger partial charge in [0.25, 0.3) is 0 Å². The highest BCUT2D eigenvalue weighted by Crippen LogP contribution is 2.41. The van der Waals surface area contributed by atoms with Crippen LogP contribution in [-0.4, -0.2) is 7.11 Å². The van der Waals surface area contributed by atoms with Crippen molar-refractivity contribution in [2.45, 2.75) is 18.7 Å². The van der Waals surface area contributed by atoms with Gasteiger partial charge in [-0.1, -0.05) is 55.6 Å². The first kappa shape index (κ1) is 15.9. The highest BCUT2D eigenvalue weighted by atomic mass is 79.9. The van der Waals surface area contributed by atoms with Crippen LogP contribution in [0.15, 0.2) is 34.8 Å². The van der Waals surface area contributed by atoms with Gasteiger partial charge in [-0.05, 0) is 48.7 Å². The number of methoxy groups -OCH3 is 1. The fourth-order valence-electron chi connectivity index (χ4n) is 2.05. The Hall–Kier alpha value is -0.510. The Morgan fingerprint density at radius 2 is 1.80 bits per heavy atom. The van der Waals surface area contributed by atoms with Gasteiger partial charge < -0.3 is 4.74 Å². The Bertz CT molecular complexity index is 641. The van der Waals surface area contributed by atoms with Gasteiger partial charge in [0.15, 0.2) is 0 Å². The van der Waals surface area contributed by atoms with E-state index in [1.807, 2.05) is 32.0 Å². The molecular formula is C16H15Br2ClO. The molecule has 0 heterocycles. The lowest BCUT2D eigenvalue weighted by Gasteiger charge is -2.17. The van der Waals surface area contributed by atoms with E-state index >= 15 is 0 Å². The molecule has 106 valence electrons. The number of benzene rings is 2. The predicted octanol–water partition coefficient (Wildman–Crippen LogP) is 6.21. The highest BCUT2D eigenvalue weighted by Gasteiger charge is 2.19. The zero-order chi connectivity index (χ0) is 14.9. The first-order chi connectivity index (χ1) is 9.43. The maximum Gasteiger partial charge on any atom is 0.123 e. The van der Waals surface area contributed by atoms with E-state index < -0.39 is 0 Å². The summed E-state index contributed by atoms with van der Waals surface area (Å²) in [5.74, 6) is 0.851. The zero-order valence-corrected chi connectivity index (χ0v) is 15.4. The molecule has 0 aliphatic carbocycles. The minimum absolute atomic E-state index is 0.0116. The standard InChI is InChI=1S/C16H15Br2ClO/c1-9-4-5-11(14(19)6-9)16(18)12-8-13(17)10(2)7-15(12)20-3/h4-8,16H,1-3H3. The molecule has 0 bridgehead atoms. The van der Waals surface area contributed by atoms with Crippen LogP contribution in [0.25, 0.3) is 0 Å². The van der Waals surface area contributed by atoms with Crippen LogP contribution < -0.4 is 4.74 Å². The normalized spacial score (nSPS) is 12.3. The van der Waals surface area contributed by atoms with Crippen LogP contribution in [0.4, 0.5) is 0 Å². The lowest BCUT2D eigenvalue weighted by Crippen LogP contribution is -1.99. The van der Waals surface area contributed by atoms with E-state index in [2.05, 4.69) is 44.0 Å². The summed E-state index contributed by atoms with van der Waals surface area (Å²) >= 11 is 13.7. The Morgan fingerprint density at radius 3 is 2.40 bits per heavy atom. The van der Waals surface area contributed by atoms with Gasteiger partial charge >= 0.3 is 0 Å². The van der Waals surface area contributed by atoms with E-state index in [4.69, 9.17) is 16.3 Å². The Balaban J connectivity index is 2.52. The van der Waals surface area contributed by atoms with Crippen molar-refractivity contribution in [3.05, 3.63) is 62.1 Å². The van der Waals surface area contributed by atoms with Gasteiger partial charge in [0, 0.05) is 15.1 Å². The minimum Gasteiger partial charge on any atom is -0.496 e. The molecule has 1 unspecified atom stereocenters. The monoisotopic (exact) mass is 416 g/mol. The average molecular weight is 419 g/mol. The molecule has 0 saturated heterocycles. The number of hydrogen-bond donors (Lipinski definition) is 0. The number of hydrogen-bond acceptors (Lipinski definition) is 1. The fraction of sp³-hybridized carbons (Fsp3) is 0.250. The number of ether oxygens (including phenoxy) is 1. The van der Waals surface area contributed by atoms with Crippen LogP contribution in [-0.2, 0) is 0 Å². The smallest absolute Gasteiger partial charge is 0.123 e. The van der Waals surface area contributed by atoms with Crippen molar-refractivity contribution >= 4 is 43.5 Å². The topological polar surface area (TPSA) is 9.23 Å². The first-order valence-electron chi connectivity index (χ1n) is 6.18. The maximum absolute atomic E-state index is 6.36. The lowest BCUT2D eigenvalue weighted by molar-refractivity contribution is 0.410. The van der Waals surface area contributed by atoms with E-state index in [0.717, 1.165) is 37.5 Å². The third-order valence-corrected chi connectivity index (χ3v) is 5.38. The van der Waals surface area contributed by atoms with Crippen molar-refractivity contribution in [1.82, 2.24) is 0 Å². The third-order valence-electron chi connectivity index (χ3n) is 3.21. The molecule has 0 saturated carbocycles. The molecule has 0 aliphatic rings. The summed E-state index contributed by atoms with van der Waals surface area (Å²) in [7, 11) is 1.68. The summed E-state index contributed by atoms with van der Waals surface area (Å²) in [6, 6.07) is 10.2. The largest absolute Gasteiger partial charge is 0.496 e. The van der Waals surface area contributed by atoms with E-state index in [1.54, 1.807) is 7.11 Å². The molecule has 2 aromatic rings. The second-order valence-corrected chi connectivity index (χ2v) is 6.91. The summed E-state index contributed by atoms with van der Waals surface area (Å²) < 4.78 is 6.55. The van der Waals surface area contributed by atoms with Crippen LogP contribution in [0, 0.1) is 13.8 Å². The molecule has 1 nitrogen and oxygen atoms in total. The summed E-state index contributed by atoms with van der Waals surface area (Å²) in [6.07, 6.45) is 0. The van der Waals surface area contributed by atoms with Crippen LogP contribution in [0.3, 0.4) is 0 Å². The molecule has 0 aliphatic heterocycles. The predicted molar refractivity (Wildman–Crippen MR) is 92.4 cm³/mol. The van der Waals surface area contributed by atoms with Gasteiger partial charge in [0.05, 0.1) is 11.9 Å². The summed E-state index contributed by atoms with van der Waals surface area (Å²) in [6.45, 7) is 4.07. The first-order valence-corrected chi connectivity index (χ1v) is 8.27. The van der Waals surface area contributed by atoms with Crippen molar-refractivity contribution in [3.8, 4) is 5.75 Å². The van der Waals surface area contributed by atoms with Crippen molar-refractivity contribution in [2.24, 2.45) is 0 Å². The fourth-order valence-corrected chi connectivity index (χ4v) is 3.64. The van der Waals surface area contributed by atoms with E-state index in [0.29, 0.717) is 0 Å². The average Bonchev–Trinajstić information content (AvgIpc) is 2.40. The molecule has 0 fully saturated rings. The van der Waals surface area contributed by atoms with E-state index in [9.17, 15) is 0 Å². The van der Waals surface area contributed by atoms with Gasteiger partial charge in [0.2, 0.25) is 0 Å². The molecule has 2 aromatic carbocycles. The number of halogens is 3. The molecule has 0 aromatic heterocycles. The van der Waals surface area contributed by atoms with Crippen molar-refractivity contribution < 1.29 is 4.74 Å². The van der Waals surface area contributed by atoms with Crippen LogP contribution >= 0.6 is 43.5 Å². The van der Waals surface area contributed by atoms with Crippen LogP contribution in [0.5, 0.6) is 5.75 Å². The van der Waals surface area contributed by atoms with Gasteiger partial charge in [-0.15, -0.1) is 0 Å².